The topological polar surface area (TPSA) is 29.1 Å². The van der Waals surface area contributed by atoms with Crippen LogP contribution in [0.1, 0.15) is 29.3 Å². The minimum absolute atomic E-state index is 0.00868. The fourth-order valence-electron chi connectivity index (χ4n) is 1.28. The second-order valence-electron chi connectivity index (χ2n) is 3.44. The van der Waals surface area contributed by atoms with Gasteiger partial charge in [-0.05, 0) is 31.0 Å². The van der Waals surface area contributed by atoms with E-state index in [2.05, 4.69) is 21.2 Å². The maximum atomic E-state index is 11.7. The van der Waals surface area contributed by atoms with E-state index in [4.69, 9.17) is 0 Å². The van der Waals surface area contributed by atoms with Gasteiger partial charge in [-0.15, -0.1) is 0 Å². The van der Waals surface area contributed by atoms with Gasteiger partial charge in [-0.25, -0.2) is 0 Å². The van der Waals surface area contributed by atoms with Crippen LogP contribution in [0.15, 0.2) is 36.4 Å². The number of carbonyl (C=O) groups is 1. The van der Waals surface area contributed by atoms with Crippen molar-refractivity contribution in [3.05, 3.63) is 47.5 Å². The third-order valence-corrected chi connectivity index (χ3v) is 2.85. The van der Waals surface area contributed by atoms with Crippen LogP contribution in [0.4, 0.5) is 0 Å². The Morgan fingerprint density at radius 1 is 1.38 bits per heavy atom. The van der Waals surface area contributed by atoms with Crippen molar-refractivity contribution in [2.45, 2.75) is 18.7 Å². The Morgan fingerprint density at radius 3 is 2.62 bits per heavy atom. The molecule has 0 aromatic heterocycles. The van der Waals surface area contributed by atoms with Gasteiger partial charge in [0, 0.05) is 17.4 Å². The highest BCUT2D eigenvalue weighted by Crippen LogP contribution is 2.07. The van der Waals surface area contributed by atoms with E-state index in [1.807, 2.05) is 43.3 Å². The summed E-state index contributed by atoms with van der Waals surface area (Å²) in [7, 11) is 0. The molecule has 0 aliphatic heterocycles. The monoisotopic (exact) mass is 281 g/mol. The summed E-state index contributed by atoms with van der Waals surface area (Å²) in [6, 6.07) is 7.61. The molecule has 0 bridgehead atoms. The van der Waals surface area contributed by atoms with Gasteiger partial charge in [0.05, 0.1) is 0 Å². The fraction of sp³-hybridized carbons (Fsp3) is 0.308. The molecule has 0 unspecified atom stereocenters. The molecular formula is C13H16BrNO. The van der Waals surface area contributed by atoms with Crippen molar-refractivity contribution in [1.82, 2.24) is 5.32 Å². The molecule has 0 aliphatic rings. The summed E-state index contributed by atoms with van der Waals surface area (Å²) < 4.78 is 0. The van der Waals surface area contributed by atoms with E-state index in [0.29, 0.717) is 12.1 Å². The van der Waals surface area contributed by atoms with Gasteiger partial charge in [-0.1, -0.05) is 40.2 Å². The molecule has 1 amide bonds. The van der Waals surface area contributed by atoms with Crippen molar-refractivity contribution >= 4 is 21.8 Å². The molecule has 1 aromatic rings. The first-order valence-electron chi connectivity index (χ1n) is 5.32. The van der Waals surface area contributed by atoms with Gasteiger partial charge in [-0.3, -0.25) is 4.79 Å². The third kappa shape index (κ3) is 4.19. The Balaban J connectivity index is 2.46. The minimum Gasteiger partial charge on any atom is -0.352 e. The van der Waals surface area contributed by atoms with Crippen LogP contribution in [-0.4, -0.2) is 12.5 Å². The number of benzene rings is 1. The molecule has 0 aliphatic carbocycles. The van der Waals surface area contributed by atoms with Crippen molar-refractivity contribution in [3.63, 3.8) is 0 Å². The van der Waals surface area contributed by atoms with Crippen LogP contribution >= 0.6 is 15.9 Å². The summed E-state index contributed by atoms with van der Waals surface area (Å²) in [6.45, 7) is 2.66. The van der Waals surface area contributed by atoms with Gasteiger partial charge < -0.3 is 5.32 Å². The lowest BCUT2D eigenvalue weighted by molar-refractivity contribution is 0.0954. The average molecular weight is 282 g/mol. The van der Waals surface area contributed by atoms with E-state index in [1.54, 1.807) is 0 Å². The molecule has 0 heterocycles. The van der Waals surface area contributed by atoms with Crippen LogP contribution in [0.5, 0.6) is 0 Å². The normalized spacial score (nSPS) is 10.6. The Labute approximate surface area is 105 Å². The lowest BCUT2D eigenvalue weighted by Crippen LogP contribution is -2.23. The number of rotatable bonds is 5. The highest BCUT2D eigenvalue weighted by Gasteiger charge is 2.03. The van der Waals surface area contributed by atoms with Crippen molar-refractivity contribution in [2.75, 3.05) is 6.54 Å². The van der Waals surface area contributed by atoms with E-state index in [9.17, 15) is 4.79 Å². The van der Waals surface area contributed by atoms with E-state index in [-0.39, 0.29) is 5.91 Å². The first-order valence-corrected chi connectivity index (χ1v) is 6.44. The lowest BCUT2D eigenvalue weighted by Gasteiger charge is -2.04. The quantitative estimate of drug-likeness (QED) is 0.501. The predicted octanol–water partition coefficient (Wildman–Crippen LogP) is 3.28. The van der Waals surface area contributed by atoms with Crippen molar-refractivity contribution in [1.29, 1.82) is 0 Å². The first kappa shape index (κ1) is 13.0. The zero-order valence-electron chi connectivity index (χ0n) is 9.37. The fourth-order valence-corrected chi connectivity index (χ4v) is 1.66. The second kappa shape index (κ2) is 7.23. The zero-order chi connectivity index (χ0) is 11.8. The molecule has 1 aromatic carbocycles. The smallest absolute Gasteiger partial charge is 0.251 e. The van der Waals surface area contributed by atoms with Crippen LogP contribution in [0.3, 0.4) is 0 Å². The summed E-state index contributed by atoms with van der Waals surface area (Å²) in [5, 5.41) is 3.68. The van der Waals surface area contributed by atoms with E-state index in [0.717, 1.165) is 11.8 Å². The van der Waals surface area contributed by atoms with Crippen LogP contribution in [0, 0.1) is 0 Å². The average Bonchev–Trinajstić information content (AvgIpc) is 2.34. The summed E-state index contributed by atoms with van der Waals surface area (Å²) in [5.41, 5.74) is 1.88. The zero-order valence-corrected chi connectivity index (χ0v) is 11.0. The number of alkyl halides is 1. The van der Waals surface area contributed by atoms with Gasteiger partial charge in [0.1, 0.15) is 0 Å². The van der Waals surface area contributed by atoms with E-state index < -0.39 is 0 Å². The Hall–Kier alpha value is -1.09. The number of hydrogen-bond acceptors (Lipinski definition) is 1. The standard InChI is InChI=1S/C13H16BrNO/c1-2-3-4-9-15-13(16)12-7-5-11(10-14)6-8-12/h2-3,5-8H,4,9-10H2,1H3,(H,15,16)/b3-2+. The molecule has 3 heteroatoms. The molecule has 2 nitrogen and oxygen atoms in total. The number of carbonyl (C=O) groups excluding carboxylic acids is 1. The van der Waals surface area contributed by atoms with E-state index in [1.165, 1.54) is 5.56 Å². The molecule has 1 N–H and O–H groups in total. The number of amides is 1. The van der Waals surface area contributed by atoms with Gasteiger partial charge in [0.25, 0.3) is 5.91 Å². The maximum Gasteiger partial charge on any atom is 0.251 e. The highest BCUT2D eigenvalue weighted by molar-refractivity contribution is 9.08. The molecule has 0 fully saturated rings. The largest absolute Gasteiger partial charge is 0.352 e. The van der Waals surface area contributed by atoms with Gasteiger partial charge in [-0.2, -0.15) is 0 Å². The molecule has 86 valence electrons. The number of nitrogens with one attached hydrogen (secondary N) is 1. The summed E-state index contributed by atoms with van der Waals surface area (Å²) in [4.78, 5) is 11.7. The Kier molecular flexibility index (Phi) is 5.86. The predicted molar refractivity (Wildman–Crippen MR) is 70.8 cm³/mol. The highest BCUT2D eigenvalue weighted by atomic mass is 79.9. The van der Waals surface area contributed by atoms with Crippen LogP contribution in [0.2, 0.25) is 0 Å². The van der Waals surface area contributed by atoms with Crippen LogP contribution in [0.25, 0.3) is 0 Å². The lowest BCUT2D eigenvalue weighted by atomic mass is 10.1. The van der Waals surface area contributed by atoms with Crippen molar-refractivity contribution < 1.29 is 4.79 Å². The van der Waals surface area contributed by atoms with Gasteiger partial charge in [0.2, 0.25) is 0 Å². The first-order chi connectivity index (χ1) is 7.77. The van der Waals surface area contributed by atoms with Crippen LogP contribution < -0.4 is 5.32 Å². The molecule has 0 spiro atoms. The summed E-state index contributed by atoms with van der Waals surface area (Å²) in [6.07, 6.45) is 4.90. The van der Waals surface area contributed by atoms with Crippen molar-refractivity contribution in [2.24, 2.45) is 0 Å². The number of halogens is 1. The Morgan fingerprint density at radius 2 is 2.06 bits per heavy atom. The van der Waals surface area contributed by atoms with E-state index >= 15 is 0 Å². The molecule has 0 radical (unpaired) electrons. The molecule has 1 rings (SSSR count). The Bertz CT molecular complexity index is 357. The minimum atomic E-state index is -0.00868. The van der Waals surface area contributed by atoms with Crippen molar-refractivity contribution in [3.8, 4) is 0 Å². The second-order valence-corrected chi connectivity index (χ2v) is 4.00. The summed E-state index contributed by atoms with van der Waals surface area (Å²) >= 11 is 3.37. The summed E-state index contributed by atoms with van der Waals surface area (Å²) in [5.74, 6) is -0.00868. The maximum absolute atomic E-state index is 11.7. The van der Waals surface area contributed by atoms with Gasteiger partial charge >= 0.3 is 0 Å². The third-order valence-electron chi connectivity index (χ3n) is 2.20. The molecule has 0 atom stereocenters. The van der Waals surface area contributed by atoms with Gasteiger partial charge in [0.15, 0.2) is 0 Å². The number of hydrogen-bond donors (Lipinski definition) is 1. The molecule has 0 saturated heterocycles. The SMILES string of the molecule is C/C=C/CCNC(=O)c1ccc(CBr)cc1. The molecular weight excluding hydrogens is 266 g/mol. The molecule has 0 saturated carbocycles. The molecule has 16 heavy (non-hydrogen) atoms. The van der Waals surface area contributed by atoms with Crippen LogP contribution in [-0.2, 0) is 5.33 Å². The number of allylic oxidation sites excluding steroid dienone is 1.